The molecule has 0 amide bonds. The van der Waals surface area contributed by atoms with Crippen LogP contribution in [0.2, 0.25) is 0 Å². The predicted octanol–water partition coefficient (Wildman–Crippen LogP) is 4.11. The summed E-state index contributed by atoms with van der Waals surface area (Å²) in [6.45, 7) is 10.1. The average molecular weight is 442 g/mol. The Morgan fingerprint density at radius 1 is 1.00 bits per heavy atom. The van der Waals surface area contributed by atoms with Crippen LogP contribution in [0.25, 0.3) is 27.5 Å². The number of pyridine rings is 2. The molecule has 0 aliphatic heterocycles. The fraction of sp³-hybridized carbons (Fsp3) is 0.240. The number of rotatable bonds is 3. The summed E-state index contributed by atoms with van der Waals surface area (Å²) in [5.74, 6) is 0.392. The van der Waals surface area contributed by atoms with Crippen molar-refractivity contribution in [3.63, 3.8) is 0 Å². The molecule has 5 rings (SSSR count). The number of nitrogen functional groups attached to an aromatic ring is 1. The summed E-state index contributed by atoms with van der Waals surface area (Å²) in [6.07, 6.45) is 4.87. The fourth-order valence-corrected chi connectivity index (χ4v) is 4.13. The molecule has 0 fully saturated rings. The van der Waals surface area contributed by atoms with E-state index in [0.29, 0.717) is 23.4 Å². The molecule has 0 unspecified atom stereocenters. The molecule has 0 aliphatic rings. The van der Waals surface area contributed by atoms with E-state index in [9.17, 15) is 4.79 Å². The minimum absolute atomic E-state index is 0.0796. The Bertz CT molecular complexity index is 1530. The number of fused-ring (bicyclic) bond motifs is 2. The summed E-state index contributed by atoms with van der Waals surface area (Å²) in [7, 11) is 0. The second kappa shape index (κ2) is 8.82. The van der Waals surface area contributed by atoms with Crippen molar-refractivity contribution in [1.82, 2.24) is 29.3 Å². The van der Waals surface area contributed by atoms with E-state index in [0.717, 1.165) is 39.0 Å². The van der Waals surface area contributed by atoms with Crippen LogP contribution >= 0.6 is 0 Å². The summed E-state index contributed by atoms with van der Waals surface area (Å²) in [5, 5.41) is 6.95. The van der Waals surface area contributed by atoms with Crippen molar-refractivity contribution in [2.24, 2.45) is 0 Å². The van der Waals surface area contributed by atoms with Crippen LogP contribution in [0.4, 0.5) is 5.82 Å². The van der Waals surface area contributed by atoms with Crippen molar-refractivity contribution in [2.45, 2.75) is 41.2 Å². The molecule has 2 N–H and O–H groups in total. The lowest BCUT2D eigenvalue weighted by molar-refractivity contribution is 0.663. The molecule has 5 aromatic rings. The number of hydrogen-bond donors (Lipinski definition) is 1. The van der Waals surface area contributed by atoms with Crippen LogP contribution in [-0.4, -0.2) is 29.3 Å². The maximum Gasteiger partial charge on any atom is 0.263 e. The first kappa shape index (κ1) is 22.1. The molecule has 0 saturated heterocycles. The maximum absolute atomic E-state index is 13.7. The minimum atomic E-state index is -0.0796. The summed E-state index contributed by atoms with van der Waals surface area (Å²) < 4.78 is 3.49. The highest BCUT2D eigenvalue weighted by Crippen LogP contribution is 2.24. The van der Waals surface area contributed by atoms with E-state index in [1.807, 2.05) is 65.0 Å². The molecule has 0 saturated carbocycles. The highest BCUT2D eigenvalue weighted by Gasteiger charge is 2.18. The van der Waals surface area contributed by atoms with E-state index in [4.69, 9.17) is 5.73 Å². The number of nitrogens with zero attached hydrogens (tertiary/aromatic N) is 6. The lowest BCUT2D eigenvalue weighted by Crippen LogP contribution is -2.25. The molecule has 0 atom stereocenters. The Morgan fingerprint density at radius 2 is 1.79 bits per heavy atom. The van der Waals surface area contributed by atoms with Gasteiger partial charge in [-0.2, -0.15) is 5.10 Å². The van der Waals surface area contributed by atoms with Gasteiger partial charge in [-0.3, -0.25) is 14.3 Å². The average Bonchev–Trinajstić information content (AvgIpc) is 3.12. The minimum Gasteiger partial charge on any atom is -0.383 e. The van der Waals surface area contributed by atoms with E-state index in [1.54, 1.807) is 21.6 Å². The van der Waals surface area contributed by atoms with Crippen molar-refractivity contribution in [1.29, 1.82) is 0 Å². The van der Waals surface area contributed by atoms with Crippen molar-refractivity contribution in [2.75, 3.05) is 5.73 Å². The zero-order valence-electron chi connectivity index (χ0n) is 19.5. The van der Waals surface area contributed by atoms with Gasteiger partial charge in [0.2, 0.25) is 0 Å². The lowest BCUT2D eigenvalue weighted by Gasteiger charge is -2.17. The molecule has 168 valence electrons. The first-order chi connectivity index (χ1) is 16.0. The van der Waals surface area contributed by atoms with E-state index in [1.165, 1.54) is 6.33 Å². The van der Waals surface area contributed by atoms with Crippen molar-refractivity contribution in [3.8, 4) is 5.69 Å². The summed E-state index contributed by atoms with van der Waals surface area (Å²) >= 11 is 0. The predicted molar refractivity (Wildman–Crippen MR) is 132 cm³/mol. The molecule has 8 heteroatoms. The third-order valence-corrected chi connectivity index (χ3v) is 5.63. The van der Waals surface area contributed by atoms with Gasteiger partial charge in [0.1, 0.15) is 12.1 Å². The van der Waals surface area contributed by atoms with Crippen molar-refractivity contribution < 1.29 is 0 Å². The number of nitrogens with two attached hydrogens (primary N) is 1. The maximum atomic E-state index is 13.7. The molecule has 4 heterocycles. The second-order valence-corrected chi connectivity index (χ2v) is 7.68. The van der Waals surface area contributed by atoms with Crippen LogP contribution in [0.15, 0.2) is 53.8 Å². The number of aromatic nitrogens is 6. The number of hydrogen-bond acceptors (Lipinski definition) is 6. The van der Waals surface area contributed by atoms with Gasteiger partial charge in [-0.15, -0.1) is 0 Å². The molecule has 0 aliphatic carbocycles. The Balaban J connectivity index is 0.00000126. The monoisotopic (exact) mass is 441 g/mol. The summed E-state index contributed by atoms with van der Waals surface area (Å²) in [4.78, 5) is 26.4. The second-order valence-electron chi connectivity index (χ2n) is 7.68. The molecular weight excluding hydrogens is 414 g/mol. The normalized spacial score (nSPS) is 10.9. The molecule has 0 radical (unpaired) electrons. The van der Waals surface area contributed by atoms with Gasteiger partial charge in [0.05, 0.1) is 34.9 Å². The zero-order chi connectivity index (χ0) is 23.7. The van der Waals surface area contributed by atoms with Gasteiger partial charge in [-0.1, -0.05) is 32.0 Å². The first-order valence-electron chi connectivity index (χ1n) is 10.9. The molecule has 1 aromatic carbocycles. The van der Waals surface area contributed by atoms with Crippen LogP contribution in [0.5, 0.6) is 0 Å². The summed E-state index contributed by atoms with van der Waals surface area (Å²) in [5.41, 5.74) is 10.8. The Morgan fingerprint density at radius 3 is 2.55 bits per heavy atom. The highest BCUT2D eigenvalue weighted by molar-refractivity contribution is 5.88. The number of aryl methyl sites for hydroxylation is 3. The van der Waals surface area contributed by atoms with Crippen molar-refractivity contribution in [3.05, 3.63) is 81.9 Å². The first-order valence-corrected chi connectivity index (χ1v) is 10.9. The number of benzene rings is 1. The molecule has 33 heavy (non-hydrogen) atoms. The van der Waals surface area contributed by atoms with Gasteiger partial charge in [-0.25, -0.2) is 14.6 Å². The number of anilines is 1. The molecular formula is C25H27N7O. The molecule has 0 spiro atoms. The third kappa shape index (κ3) is 3.73. The lowest BCUT2D eigenvalue weighted by atomic mass is 10.1. The molecule has 8 nitrogen and oxygen atoms in total. The molecule has 0 bridgehead atoms. The van der Waals surface area contributed by atoms with Gasteiger partial charge in [0.25, 0.3) is 5.56 Å². The SMILES string of the molecule is CC.Cc1ccncc1-n1c(Cn2nc(C)c3c(N)ncnc32)cc2cccc(C)c2c1=O. The van der Waals surface area contributed by atoms with E-state index in [-0.39, 0.29) is 5.56 Å². The van der Waals surface area contributed by atoms with Gasteiger partial charge < -0.3 is 5.73 Å². The zero-order valence-corrected chi connectivity index (χ0v) is 19.5. The van der Waals surface area contributed by atoms with Crippen molar-refractivity contribution >= 4 is 27.6 Å². The standard InChI is InChI=1S/C23H21N7O.C2H6/c1-13-7-8-25-10-18(13)30-17(9-16-6-4-5-14(2)19(16)23(30)31)11-29-22-20(15(3)28-29)21(24)26-12-27-22;1-2/h4-10,12H,11H2,1-3H3,(H2,24,26,27);1-2H3. The third-order valence-electron chi connectivity index (χ3n) is 5.63. The fourth-order valence-electron chi connectivity index (χ4n) is 4.13. The van der Waals surface area contributed by atoms with Crippen LogP contribution < -0.4 is 11.3 Å². The quantitative estimate of drug-likeness (QED) is 0.452. The Kier molecular flexibility index (Phi) is 5.91. The van der Waals surface area contributed by atoms with Gasteiger partial charge in [0.15, 0.2) is 5.65 Å². The van der Waals surface area contributed by atoms with Gasteiger partial charge >= 0.3 is 0 Å². The van der Waals surface area contributed by atoms with Crippen LogP contribution in [0.1, 0.15) is 36.4 Å². The Labute approximate surface area is 191 Å². The van der Waals surface area contributed by atoms with Crippen LogP contribution in [0, 0.1) is 20.8 Å². The largest absolute Gasteiger partial charge is 0.383 e. The summed E-state index contributed by atoms with van der Waals surface area (Å²) in [6, 6.07) is 9.80. The van der Waals surface area contributed by atoms with E-state index < -0.39 is 0 Å². The van der Waals surface area contributed by atoms with Gasteiger partial charge in [0, 0.05) is 11.9 Å². The van der Waals surface area contributed by atoms with Crippen LogP contribution in [-0.2, 0) is 6.54 Å². The van der Waals surface area contributed by atoms with Gasteiger partial charge in [-0.05, 0) is 49.4 Å². The molecule has 4 aromatic heterocycles. The smallest absolute Gasteiger partial charge is 0.263 e. The van der Waals surface area contributed by atoms with E-state index >= 15 is 0 Å². The van der Waals surface area contributed by atoms with Crippen LogP contribution in [0.3, 0.4) is 0 Å². The Hall–Kier alpha value is -4.07. The topological polar surface area (TPSA) is 105 Å². The highest BCUT2D eigenvalue weighted by atomic mass is 16.1. The van der Waals surface area contributed by atoms with E-state index in [2.05, 4.69) is 20.1 Å².